The quantitative estimate of drug-likeness (QED) is 0.103. The molecule has 0 bridgehead atoms. The molecule has 0 saturated heterocycles. The molecule has 0 amide bonds. The van der Waals surface area contributed by atoms with Crippen LogP contribution in [0.1, 0.15) is 188 Å². The predicted molar refractivity (Wildman–Crippen MR) is 152 cm³/mol. The monoisotopic (exact) mass is 502 g/mol. The Kier molecular flexibility index (Phi) is 35.6. The minimum Gasteiger partial charge on any atom is -1.00 e. The van der Waals surface area contributed by atoms with Gasteiger partial charge in [-0.15, -0.1) is 0 Å². The summed E-state index contributed by atoms with van der Waals surface area (Å²) in [6.07, 6.45) is 38.1. The van der Waals surface area contributed by atoms with Crippen LogP contribution < -0.4 is 17.7 Å². The highest BCUT2D eigenvalue weighted by Crippen LogP contribution is 2.14. The van der Waals surface area contributed by atoms with Crippen molar-refractivity contribution >= 4 is 0 Å². The maximum atomic E-state index is 2.58. The van der Waals surface area contributed by atoms with Crippen molar-refractivity contribution in [2.45, 2.75) is 188 Å². The second kappa shape index (κ2) is 33.2. The first-order valence-corrected chi connectivity index (χ1v) is 16.1. The molecule has 208 valence electrons. The first kappa shape index (κ1) is 36.4. The van der Waals surface area contributed by atoms with E-state index in [1.165, 1.54) is 180 Å². The van der Waals surface area contributed by atoms with Crippen LogP contribution in [0.2, 0.25) is 0 Å². The largest absolute Gasteiger partial charge is 1.00 e. The van der Waals surface area contributed by atoms with E-state index in [1.807, 2.05) is 0 Å². The van der Waals surface area contributed by atoms with Gasteiger partial charge < -0.3 is 17.7 Å². The van der Waals surface area contributed by atoms with E-state index >= 15 is 0 Å². The van der Waals surface area contributed by atoms with Gasteiger partial charge in [0.25, 0.3) is 0 Å². The third-order valence-electron chi connectivity index (χ3n) is 7.45. The zero-order valence-corrected chi connectivity index (χ0v) is 25.1. The summed E-state index contributed by atoms with van der Waals surface area (Å²) in [5.41, 5.74) is 0. The summed E-state index contributed by atoms with van der Waals surface area (Å²) < 4.78 is 0. The second-order valence-corrected chi connectivity index (χ2v) is 11.5. The Labute approximate surface area is 224 Å². The molecule has 0 aromatic heterocycles. The first-order valence-electron chi connectivity index (χ1n) is 16.1. The molecule has 0 aliphatic rings. The fourth-order valence-corrected chi connectivity index (χ4v) is 5.06. The molecule has 1 nitrogen and oxygen atoms in total. The molecule has 0 atom stereocenters. The lowest BCUT2D eigenvalue weighted by Gasteiger charge is -2.05. The van der Waals surface area contributed by atoms with Crippen molar-refractivity contribution < 1.29 is 17.7 Å². The average Bonchev–Trinajstić information content (AvgIpc) is 2.80. The Morgan fingerprint density at radius 3 is 0.941 bits per heavy atom. The Balaban J connectivity index is 0. The Bertz CT molecular complexity index is 331. The number of hydrogen-bond acceptors (Lipinski definition) is 0. The fraction of sp³-hybridized carbons (Fsp3) is 1.00. The van der Waals surface area contributed by atoms with Crippen LogP contribution in [-0.2, 0) is 0 Å². The van der Waals surface area contributed by atoms with E-state index in [4.69, 9.17) is 0 Å². The van der Waals surface area contributed by atoms with Crippen molar-refractivity contribution in [3.05, 3.63) is 0 Å². The van der Waals surface area contributed by atoms with E-state index in [9.17, 15) is 0 Å². The van der Waals surface area contributed by atoms with Crippen LogP contribution in [0, 0.1) is 5.92 Å². The Hall–Kier alpha value is 0.250. The molecule has 0 radical (unpaired) electrons. The highest BCUT2D eigenvalue weighted by atomic mass is 35.5. The number of quaternary nitrogens is 1. The Morgan fingerprint density at radius 2 is 0.647 bits per heavy atom. The van der Waals surface area contributed by atoms with Gasteiger partial charge in [-0.2, -0.15) is 0 Å². The number of unbranched alkanes of at least 4 members (excludes halogenated alkanes) is 23. The van der Waals surface area contributed by atoms with Crippen molar-refractivity contribution in [1.29, 1.82) is 0 Å². The summed E-state index contributed by atoms with van der Waals surface area (Å²) >= 11 is 0. The van der Waals surface area contributed by atoms with Gasteiger partial charge in [0, 0.05) is 0 Å². The lowest BCUT2D eigenvalue weighted by molar-refractivity contribution is -0.655. The third-order valence-corrected chi connectivity index (χ3v) is 7.45. The van der Waals surface area contributed by atoms with E-state index < -0.39 is 0 Å². The first-order chi connectivity index (χ1) is 16.3. The van der Waals surface area contributed by atoms with Gasteiger partial charge in [0.05, 0.1) is 13.1 Å². The summed E-state index contributed by atoms with van der Waals surface area (Å²) in [7, 11) is 0. The lowest BCUT2D eigenvalue weighted by atomic mass is 10.0. The molecule has 0 aliphatic carbocycles. The summed E-state index contributed by atoms with van der Waals surface area (Å²) in [5.74, 6) is 0.895. The van der Waals surface area contributed by atoms with Crippen molar-refractivity contribution in [3.63, 3.8) is 0 Å². The third kappa shape index (κ3) is 34.4. The normalized spacial score (nSPS) is 11.3. The molecule has 2 N–H and O–H groups in total. The molecule has 0 saturated carbocycles. The number of rotatable bonds is 29. The van der Waals surface area contributed by atoms with E-state index in [1.54, 1.807) is 0 Å². The molecule has 0 rings (SSSR count). The van der Waals surface area contributed by atoms with E-state index in [2.05, 4.69) is 26.1 Å². The summed E-state index contributed by atoms with van der Waals surface area (Å²) in [6, 6.07) is 0. The number of halogens is 1. The smallest absolute Gasteiger partial charge is 0.0755 e. The molecule has 34 heavy (non-hydrogen) atoms. The fourth-order valence-electron chi connectivity index (χ4n) is 5.06. The molecular weight excluding hydrogens is 434 g/mol. The van der Waals surface area contributed by atoms with Gasteiger partial charge in [-0.3, -0.25) is 0 Å². The topological polar surface area (TPSA) is 16.6 Å². The lowest BCUT2D eigenvalue weighted by Crippen LogP contribution is -3.00. The standard InChI is InChI=1S/C32H67N.ClH/c1-4-5-6-7-8-9-10-11-12-15-18-21-24-27-30-33-31-28-25-22-19-16-13-14-17-20-23-26-29-32(2)3;/h32-33H,4-31H2,1-3H3;1H. The van der Waals surface area contributed by atoms with Crippen LogP contribution in [0.15, 0.2) is 0 Å². The molecular formula is C32H68ClN. The Morgan fingerprint density at radius 1 is 0.382 bits per heavy atom. The summed E-state index contributed by atoms with van der Waals surface area (Å²) in [5, 5.41) is 2.58. The predicted octanol–water partition coefficient (Wildman–Crippen LogP) is 7.37. The van der Waals surface area contributed by atoms with Gasteiger partial charge >= 0.3 is 0 Å². The summed E-state index contributed by atoms with van der Waals surface area (Å²) in [6.45, 7) is 9.74. The van der Waals surface area contributed by atoms with Crippen LogP contribution in [-0.4, -0.2) is 13.1 Å². The van der Waals surface area contributed by atoms with Gasteiger partial charge in [0.15, 0.2) is 0 Å². The van der Waals surface area contributed by atoms with Crippen molar-refractivity contribution in [2.75, 3.05) is 13.1 Å². The van der Waals surface area contributed by atoms with Crippen LogP contribution in [0.25, 0.3) is 0 Å². The molecule has 0 spiro atoms. The molecule has 0 heterocycles. The SMILES string of the molecule is CCCCCCCCCCCCCCCC[NH2+]CCCCCCCCCCCCCC(C)C.[Cl-]. The van der Waals surface area contributed by atoms with Crippen LogP contribution in [0.5, 0.6) is 0 Å². The maximum absolute atomic E-state index is 2.58. The van der Waals surface area contributed by atoms with Crippen molar-refractivity contribution in [3.8, 4) is 0 Å². The van der Waals surface area contributed by atoms with Gasteiger partial charge in [-0.25, -0.2) is 0 Å². The highest BCUT2D eigenvalue weighted by molar-refractivity contribution is 4.51. The number of nitrogens with two attached hydrogens (primary N) is 1. The van der Waals surface area contributed by atoms with Crippen molar-refractivity contribution in [2.24, 2.45) is 5.92 Å². The second-order valence-electron chi connectivity index (χ2n) is 11.5. The molecule has 0 unspecified atom stereocenters. The minimum atomic E-state index is 0. The average molecular weight is 502 g/mol. The van der Waals surface area contributed by atoms with E-state index in [-0.39, 0.29) is 12.4 Å². The van der Waals surface area contributed by atoms with E-state index in [0.29, 0.717) is 0 Å². The van der Waals surface area contributed by atoms with E-state index in [0.717, 1.165) is 5.92 Å². The van der Waals surface area contributed by atoms with Gasteiger partial charge in [-0.1, -0.05) is 162 Å². The highest BCUT2D eigenvalue weighted by Gasteiger charge is 1.98. The van der Waals surface area contributed by atoms with Crippen molar-refractivity contribution in [1.82, 2.24) is 0 Å². The molecule has 0 aromatic carbocycles. The van der Waals surface area contributed by atoms with Crippen LogP contribution >= 0.6 is 0 Å². The maximum Gasteiger partial charge on any atom is 0.0755 e. The molecule has 2 heteroatoms. The molecule has 0 fully saturated rings. The zero-order valence-electron chi connectivity index (χ0n) is 24.3. The molecule has 0 aromatic rings. The van der Waals surface area contributed by atoms with Crippen LogP contribution in [0.3, 0.4) is 0 Å². The summed E-state index contributed by atoms with van der Waals surface area (Å²) in [4.78, 5) is 0. The number of hydrogen-bond donors (Lipinski definition) is 1. The van der Waals surface area contributed by atoms with Gasteiger partial charge in [-0.05, 0) is 31.6 Å². The van der Waals surface area contributed by atoms with Gasteiger partial charge in [0.2, 0.25) is 0 Å². The minimum absolute atomic E-state index is 0. The zero-order chi connectivity index (χ0) is 24.1. The molecule has 0 aliphatic heterocycles. The van der Waals surface area contributed by atoms with Crippen LogP contribution in [0.4, 0.5) is 0 Å². The van der Waals surface area contributed by atoms with Gasteiger partial charge in [0.1, 0.15) is 0 Å².